The van der Waals surface area contributed by atoms with Crippen molar-refractivity contribution in [2.45, 2.75) is 64.5 Å². The van der Waals surface area contributed by atoms with Crippen molar-refractivity contribution in [2.75, 3.05) is 5.32 Å². The lowest BCUT2D eigenvalue weighted by Gasteiger charge is -2.54. The number of hydrogen-bond acceptors (Lipinski definition) is 6. The van der Waals surface area contributed by atoms with Gasteiger partial charge in [-0.3, -0.25) is 4.99 Å². The zero-order valence-corrected chi connectivity index (χ0v) is 19.1. The average Bonchev–Trinajstić information content (AvgIpc) is 2.74. The molecule has 168 valence electrons. The third-order valence-electron chi connectivity index (χ3n) is 7.11. The third-order valence-corrected chi connectivity index (χ3v) is 7.11. The Bertz CT molecular complexity index is 984. The van der Waals surface area contributed by atoms with E-state index in [2.05, 4.69) is 15.3 Å². The van der Waals surface area contributed by atoms with Gasteiger partial charge >= 0.3 is 5.97 Å². The van der Waals surface area contributed by atoms with E-state index in [1.165, 1.54) is 38.4 Å². The number of rotatable bonds is 5. The molecule has 4 aliphatic carbocycles. The molecule has 6 rings (SSSR count). The number of ether oxygens (including phenoxy) is 1. The third kappa shape index (κ3) is 4.54. The molecule has 0 saturated heterocycles. The molecule has 32 heavy (non-hydrogen) atoms. The van der Waals surface area contributed by atoms with Crippen LogP contribution in [0.1, 0.15) is 68.8 Å². The average molecular weight is 433 g/mol. The van der Waals surface area contributed by atoms with Crippen molar-refractivity contribution in [1.29, 1.82) is 0 Å². The van der Waals surface area contributed by atoms with Gasteiger partial charge in [0.25, 0.3) is 0 Å². The molecule has 4 fully saturated rings. The minimum absolute atomic E-state index is 0.335. The van der Waals surface area contributed by atoms with Crippen LogP contribution < -0.4 is 5.32 Å². The quantitative estimate of drug-likeness (QED) is 0.504. The van der Waals surface area contributed by atoms with E-state index in [4.69, 9.17) is 9.73 Å². The van der Waals surface area contributed by atoms with Gasteiger partial charge in [0.1, 0.15) is 11.9 Å². The van der Waals surface area contributed by atoms with Crippen molar-refractivity contribution >= 4 is 23.6 Å². The van der Waals surface area contributed by atoms with Gasteiger partial charge in [-0.25, -0.2) is 14.8 Å². The van der Waals surface area contributed by atoms with E-state index in [0.717, 1.165) is 40.6 Å². The van der Waals surface area contributed by atoms with E-state index < -0.39 is 5.60 Å². The van der Waals surface area contributed by atoms with Crippen molar-refractivity contribution in [3.8, 4) is 0 Å². The van der Waals surface area contributed by atoms with Gasteiger partial charge in [0.2, 0.25) is 0 Å². The molecule has 6 nitrogen and oxygen atoms in total. The predicted octanol–water partition coefficient (Wildman–Crippen LogP) is 5.42. The maximum Gasteiger partial charge on any atom is 0.338 e. The molecule has 0 atom stereocenters. The number of hydrogen-bond donors (Lipinski definition) is 1. The van der Waals surface area contributed by atoms with Gasteiger partial charge in [-0.1, -0.05) is 0 Å². The molecule has 2 aromatic rings. The summed E-state index contributed by atoms with van der Waals surface area (Å²) >= 11 is 0. The van der Waals surface area contributed by atoms with Crippen LogP contribution in [-0.4, -0.2) is 33.8 Å². The Morgan fingerprint density at radius 3 is 2.34 bits per heavy atom. The SMILES string of the molecule is CC(C)(C)OC(=O)c1ccc(NC2C3CC4CC(C3)CC2C4)c(N=Cc2cncnc2)c1. The van der Waals surface area contributed by atoms with Crippen LogP contribution in [0, 0.1) is 23.7 Å². The minimum atomic E-state index is -0.542. The topological polar surface area (TPSA) is 76.5 Å². The first kappa shape index (κ1) is 21.1. The second-order valence-electron chi connectivity index (χ2n) is 10.8. The first-order valence-corrected chi connectivity index (χ1v) is 11.8. The Labute approximate surface area is 189 Å². The molecule has 0 aliphatic heterocycles. The van der Waals surface area contributed by atoms with E-state index in [-0.39, 0.29) is 5.97 Å². The summed E-state index contributed by atoms with van der Waals surface area (Å²) in [6.45, 7) is 5.63. The molecule has 0 radical (unpaired) electrons. The summed E-state index contributed by atoms with van der Waals surface area (Å²) in [6, 6.07) is 6.15. The second-order valence-corrected chi connectivity index (χ2v) is 10.8. The van der Waals surface area contributed by atoms with Crippen molar-refractivity contribution in [1.82, 2.24) is 9.97 Å². The lowest BCUT2D eigenvalue weighted by molar-refractivity contribution is 0.00672. The maximum atomic E-state index is 12.7. The van der Waals surface area contributed by atoms with Gasteiger partial charge in [0, 0.05) is 30.2 Å². The van der Waals surface area contributed by atoms with Gasteiger partial charge < -0.3 is 10.1 Å². The van der Waals surface area contributed by atoms with E-state index >= 15 is 0 Å². The highest BCUT2D eigenvalue weighted by molar-refractivity contribution is 5.93. The fraction of sp³-hybridized carbons (Fsp3) is 0.538. The molecule has 1 N–H and O–H groups in total. The molecule has 1 aromatic carbocycles. The van der Waals surface area contributed by atoms with Gasteiger partial charge in [-0.05, 0) is 94.7 Å². The zero-order chi connectivity index (χ0) is 22.3. The lowest BCUT2D eigenvalue weighted by atomic mass is 9.54. The van der Waals surface area contributed by atoms with Crippen molar-refractivity contribution < 1.29 is 9.53 Å². The van der Waals surface area contributed by atoms with Gasteiger partial charge in [0.15, 0.2) is 0 Å². The molecular weight excluding hydrogens is 400 g/mol. The number of esters is 1. The monoisotopic (exact) mass is 432 g/mol. The van der Waals surface area contributed by atoms with Crippen LogP contribution in [0.15, 0.2) is 41.9 Å². The van der Waals surface area contributed by atoms with Gasteiger partial charge in [0.05, 0.1) is 16.9 Å². The fourth-order valence-electron chi connectivity index (χ4n) is 6.09. The summed E-state index contributed by atoms with van der Waals surface area (Å²) in [7, 11) is 0. The smallest absolute Gasteiger partial charge is 0.338 e. The normalized spacial score (nSPS) is 28.8. The Balaban J connectivity index is 1.43. The first-order valence-electron chi connectivity index (χ1n) is 11.8. The Hall–Kier alpha value is -2.76. The molecule has 0 amide bonds. The summed E-state index contributed by atoms with van der Waals surface area (Å²) in [4.78, 5) is 25.5. The molecule has 1 heterocycles. The van der Waals surface area contributed by atoms with Crippen molar-refractivity contribution in [2.24, 2.45) is 28.7 Å². The minimum Gasteiger partial charge on any atom is -0.456 e. The summed E-state index contributed by atoms with van der Waals surface area (Å²) < 4.78 is 5.58. The van der Waals surface area contributed by atoms with Crippen molar-refractivity contribution in [3.63, 3.8) is 0 Å². The predicted molar refractivity (Wildman–Crippen MR) is 125 cm³/mol. The molecule has 0 unspecified atom stereocenters. The Kier molecular flexibility index (Phi) is 5.48. The first-order chi connectivity index (χ1) is 15.3. The molecule has 0 spiro atoms. The molecule has 4 aliphatic rings. The van der Waals surface area contributed by atoms with Gasteiger partial charge in [-0.2, -0.15) is 0 Å². The summed E-state index contributed by atoms with van der Waals surface area (Å²) in [5, 5.41) is 3.85. The zero-order valence-electron chi connectivity index (χ0n) is 19.1. The van der Waals surface area contributed by atoms with Crippen LogP contribution in [0.4, 0.5) is 11.4 Å². The number of aromatic nitrogens is 2. The number of nitrogens with zero attached hydrogens (tertiary/aromatic N) is 3. The highest BCUT2D eigenvalue weighted by atomic mass is 16.6. The number of aliphatic imine (C=N–C) groups is 1. The van der Waals surface area contributed by atoms with Crippen molar-refractivity contribution in [3.05, 3.63) is 48.0 Å². The number of carbonyl (C=O) groups is 1. The van der Waals surface area contributed by atoms with Crippen LogP contribution in [0.5, 0.6) is 0 Å². The number of benzene rings is 1. The Morgan fingerprint density at radius 2 is 1.72 bits per heavy atom. The largest absolute Gasteiger partial charge is 0.456 e. The van der Waals surface area contributed by atoms with Crippen LogP contribution in [-0.2, 0) is 4.74 Å². The standard InChI is InChI=1S/C26H32N4O2/c1-26(2,3)32-25(31)19-4-5-22(23(11-19)29-14-18-12-27-15-28-13-18)30-24-20-7-16-6-17(9-20)10-21(24)8-16/h4-5,11-17,20-21,24,30H,6-10H2,1-3H3. The molecule has 4 saturated carbocycles. The maximum absolute atomic E-state index is 12.7. The van der Waals surface area contributed by atoms with Gasteiger partial charge in [-0.15, -0.1) is 0 Å². The van der Waals surface area contributed by atoms with E-state index in [1.54, 1.807) is 18.6 Å². The number of anilines is 1. The number of nitrogens with one attached hydrogen (secondary N) is 1. The van der Waals surface area contributed by atoms with E-state index in [0.29, 0.717) is 11.6 Å². The number of carbonyl (C=O) groups excluding carboxylic acids is 1. The highest BCUT2D eigenvalue weighted by Gasteiger charge is 2.48. The van der Waals surface area contributed by atoms with E-state index in [9.17, 15) is 4.79 Å². The summed E-state index contributed by atoms with van der Waals surface area (Å²) in [5.41, 5.74) is 2.50. The Morgan fingerprint density at radius 1 is 1.06 bits per heavy atom. The molecule has 4 bridgehead atoms. The summed E-state index contributed by atoms with van der Waals surface area (Å²) in [6.07, 6.45) is 13.5. The molecule has 6 heteroatoms. The second kappa shape index (κ2) is 8.30. The summed E-state index contributed by atoms with van der Waals surface area (Å²) in [5.74, 6) is 3.02. The van der Waals surface area contributed by atoms with E-state index in [1.807, 2.05) is 39.0 Å². The lowest BCUT2D eigenvalue weighted by Crippen LogP contribution is -2.51. The fourth-order valence-corrected chi connectivity index (χ4v) is 6.09. The molecule has 1 aromatic heterocycles. The van der Waals surface area contributed by atoms with Crippen LogP contribution in [0.2, 0.25) is 0 Å². The molecular formula is C26H32N4O2. The van der Waals surface area contributed by atoms with Crippen LogP contribution in [0.25, 0.3) is 0 Å². The highest BCUT2D eigenvalue weighted by Crippen LogP contribution is 2.54. The van der Waals surface area contributed by atoms with Crippen LogP contribution >= 0.6 is 0 Å². The van der Waals surface area contributed by atoms with Crippen LogP contribution in [0.3, 0.4) is 0 Å².